The molecule has 0 saturated heterocycles. The minimum absolute atomic E-state index is 0.180. The highest BCUT2D eigenvalue weighted by atomic mass is 35.5. The van der Waals surface area contributed by atoms with E-state index in [0.29, 0.717) is 21.5 Å². The molecule has 6 heteroatoms. The van der Waals surface area contributed by atoms with E-state index in [1.54, 1.807) is 19.2 Å². The van der Waals surface area contributed by atoms with Crippen molar-refractivity contribution >= 4 is 44.2 Å². The molecule has 0 aliphatic heterocycles. The molecule has 0 atom stereocenters. The maximum absolute atomic E-state index is 12.2. The number of benzene rings is 2. The first kappa shape index (κ1) is 14.8. The Morgan fingerprint density at radius 1 is 1.32 bits per heavy atom. The molecule has 1 N–H and O–H groups in total. The molecule has 0 spiro atoms. The van der Waals surface area contributed by atoms with Gasteiger partial charge in [0, 0.05) is 11.6 Å². The van der Waals surface area contributed by atoms with Crippen molar-refractivity contribution in [1.82, 2.24) is 4.98 Å². The Morgan fingerprint density at radius 3 is 2.86 bits per heavy atom. The van der Waals surface area contributed by atoms with E-state index in [9.17, 15) is 4.79 Å². The predicted molar refractivity (Wildman–Crippen MR) is 90.3 cm³/mol. The van der Waals surface area contributed by atoms with Crippen molar-refractivity contribution in [3.63, 3.8) is 0 Å². The first-order valence-electron chi connectivity index (χ1n) is 6.59. The Kier molecular flexibility index (Phi) is 4.00. The van der Waals surface area contributed by atoms with Gasteiger partial charge in [-0.1, -0.05) is 40.6 Å². The number of aromatic nitrogens is 1. The summed E-state index contributed by atoms with van der Waals surface area (Å²) in [7, 11) is 1.56. The van der Waals surface area contributed by atoms with Crippen LogP contribution in [0.5, 0.6) is 5.75 Å². The molecule has 3 aromatic rings. The van der Waals surface area contributed by atoms with E-state index in [-0.39, 0.29) is 5.91 Å². The van der Waals surface area contributed by atoms with E-state index in [1.807, 2.05) is 31.2 Å². The number of fused-ring (bicyclic) bond motifs is 1. The summed E-state index contributed by atoms with van der Waals surface area (Å²) in [6.07, 6.45) is 0. The van der Waals surface area contributed by atoms with Gasteiger partial charge in [0.2, 0.25) is 0 Å². The topological polar surface area (TPSA) is 51.2 Å². The number of ether oxygens (including phenoxy) is 1. The lowest BCUT2D eigenvalue weighted by molar-refractivity contribution is 0.102. The standard InChI is InChI=1S/C16H13ClN2O2S/c1-9-4-3-5-10(6-9)15(20)19-16-18-12-7-11(17)13(21-2)8-14(12)22-16/h3-8H,1-2H3,(H,18,19,20). The Labute approximate surface area is 136 Å². The number of halogens is 1. The average Bonchev–Trinajstić information content (AvgIpc) is 2.87. The van der Waals surface area contributed by atoms with Crippen LogP contribution in [0.4, 0.5) is 5.13 Å². The van der Waals surface area contributed by atoms with Crippen molar-refractivity contribution in [2.45, 2.75) is 6.92 Å². The van der Waals surface area contributed by atoms with Crippen LogP contribution in [-0.2, 0) is 0 Å². The highest BCUT2D eigenvalue weighted by Crippen LogP contribution is 2.34. The van der Waals surface area contributed by atoms with Crippen LogP contribution in [-0.4, -0.2) is 18.0 Å². The number of carbonyl (C=O) groups is 1. The second-order valence-electron chi connectivity index (χ2n) is 4.80. The van der Waals surface area contributed by atoms with E-state index < -0.39 is 0 Å². The average molecular weight is 333 g/mol. The third kappa shape index (κ3) is 2.91. The first-order valence-corrected chi connectivity index (χ1v) is 7.78. The molecule has 0 aliphatic rings. The van der Waals surface area contributed by atoms with Crippen molar-refractivity contribution in [3.05, 3.63) is 52.5 Å². The second-order valence-corrected chi connectivity index (χ2v) is 6.23. The normalized spacial score (nSPS) is 10.7. The number of hydrogen-bond donors (Lipinski definition) is 1. The van der Waals surface area contributed by atoms with Crippen molar-refractivity contribution in [1.29, 1.82) is 0 Å². The van der Waals surface area contributed by atoms with Gasteiger partial charge in [0.25, 0.3) is 5.91 Å². The molecule has 2 aromatic carbocycles. The summed E-state index contributed by atoms with van der Waals surface area (Å²) in [5.41, 5.74) is 2.37. The van der Waals surface area contributed by atoms with E-state index in [2.05, 4.69) is 10.3 Å². The van der Waals surface area contributed by atoms with Gasteiger partial charge in [-0.2, -0.15) is 0 Å². The largest absolute Gasteiger partial charge is 0.495 e. The molecule has 3 rings (SSSR count). The number of nitrogens with zero attached hydrogens (tertiary/aromatic N) is 1. The van der Waals surface area contributed by atoms with E-state index in [1.165, 1.54) is 11.3 Å². The minimum atomic E-state index is -0.180. The molecule has 1 heterocycles. The van der Waals surface area contributed by atoms with Crippen molar-refractivity contribution in [2.75, 3.05) is 12.4 Å². The maximum atomic E-state index is 12.2. The maximum Gasteiger partial charge on any atom is 0.257 e. The van der Waals surface area contributed by atoms with Crippen molar-refractivity contribution < 1.29 is 9.53 Å². The predicted octanol–water partition coefficient (Wildman–Crippen LogP) is 4.52. The molecule has 0 bridgehead atoms. The molecule has 0 saturated carbocycles. The molecular weight excluding hydrogens is 320 g/mol. The zero-order valence-corrected chi connectivity index (χ0v) is 13.6. The molecule has 0 radical (unpaired) electrons. The molecule has 112 valence electrons. The summed E-state index contributed by atoms with van der Waals surface area (Å²) in [5.74, 6) is 0.412. The van der Waals surface area contributed by atoms with Gasteiger partial charge >= 0.3 is 0 Å². The number of carbonyl (C=O) groups excluding carboxylic acids is 1. The summed E-state index contributed by atoms with van der Waals surface area (Å²) in [6, 6.07) is 11.0. The molecule has 1 aromatic heterocycles. The fourth-order valence-corrected chi connectivity index (χ4v) is 3.20. The van der Waals surface area contributed by atoms with Crippen LogP contribution in [0.2, 0.25) is 5.02 Å². The Hall–Kier alpha value is -2.11. The number of nitrogens with one attached hydrogen (secondary N) is 1. The van der Waals surface area contributed by atoms with Gasteiger partial charge in [0.1, 0.15) is 5.75 Å². The monoisotopic (exact) mass is 332 g/mol. The fraction of sp³-hybridized carbons (Fsp3) is 0.125. The smallest absolute Gasteiger partial charge is 0.257 e. The van der Waals surface area contributed by atoms with Crippen LogP contribution in [0, 0.1) is 6.92 Å². The van der Waals surface area contributed by atoms with Gasteiger partial charge in [0.05, 0.1) is 22.3 Å². The highest BCUT2D eigenvalue weighted by molar-refractivity contribution is 7.22. The summed E-state index contributed by atoms with van der Waals surface area (Å²) in [6.45, 7) is 1.95. The SMILES string of the molecule is COc1cc2sc(NC(=O)c3cccc(C)c3)nc2cc1Cl. The Balaban J connectivity index is 1.89. The molecular formula is C16H13ClN2O2S. The zero-order chi connectivity index (χ0) is 15.7. The van der Waals surface area contributed by atoms with Gasteiger partial charge in [-0.3, -0.25) is 10.1 Å². The molecule has 1 amide bonds. The summed E-state index contributed by atoms with van der Waals surface area (Å²) >= 11 is 7.46. The number of aryl methyl sites for hydroxylation is 1. The van der Waals surface area contributed by atoms with Crippen LogP contribution in [0.3, 0.4) is 0 Å². The Morgan fingerprint density at radius 2 is 2.14 bits per heavy atom. The van der Waals surface area contributed by atoms with Crippen LogP contribution in [0.1, 0.15) is 15.9 Å². The lowest BCUT2D eigenvalue weighted by Crippen LogP contribution is -2.11. The Bertz CT molecular complexity index is 860. The number of amides is 1. The van der Waals surface area contributed by atoms with Gasteiger partial charge in [-0.25, -0.2) is 4.98 Å². The lowest BCUT2D eigenvalue weighted by Gasteiger charge is -2.02. The quantitative estimate of drug-likeness (QED) is 0.767. The summed E-state index contributed by atoms with van der Waals surface area (Å²) in [4.78, 5) is 16.6. The second kappa shape index (κ2) is 5.94. The summed E-state index contributed by atoms with van der Waals surface area (Å²) in [5, 5.41) is 3.85. The van der Waals surface area contributed by atoms with Gasteiger partial charge in [-0.05, 0) is 25.1 Å². The van der Waals surface area contributed by atoms with Crippen molar-refractivity contribution in [2.24, 2.45) is 0 Å². The van der Waals surface area contributed by atoms with Crippen LogP contribution in [0.25, 0.3) is 10.2 Å². The van der Waals surface area contributed by atoms with Gasteiger partial charge < -0.3 is 4.74 Å². The minimum Gasteiger partial charge on any atom is -0.495 e. The third-order valence-electron chi connectivity index (χ3n) is 3.16. The summed E-state index contributed by atoms with van der Waals surface area (Å²) < 4.78 is 6.09. The molecule has 22 heavy (non-hydrogen) atoms. The van der Waals surface area contributed by atoms with Crippen LogP contribution >= 0.6 is 22.9 Å². The molecule has 4 nitrogen and oxygen atoms in total. The van der Waals surface area contributed by atoms with E-state index >= 15 is 0 Å². The van der Waals surface area contributed by atoms with Gasteiger partial charge in [-0.15, -0.1) is 0 Å². The van der Waals surface area contributed by atoms with E-state index in [0.717, 1.165) is 15.8 Å². The third-order valence-corrected chi connectivity index (χ3v) is 4.39. The zero-order valence-electron chi connectivity index (χ0n) is 12.0. The number of methoxy groups -OCH3 is 1. The lowest BCUT2D eigenvalue weighted by atomic mass is 10.1. The molecule has 0 aliphatic carbocycles. The number of hydrogen-bond acceptors (Lipinski definition) is 4. The molecule has 0 unspecified atom stereocenters. The first-order chi connectivity index (χ1) is 10.6. The van der Waals surface area contributed by atoms with Crippen LogP contribution in [0.15, 0.2) is 36.4 Å². The fourth-order valence-electron chi connectivity index (χ4n) is 2.10. The number of rotatable bonds is 3. The van der Waals surface area contributed by atoms with Crippen LogP contribution < -0.4 is 10.1 Å². The highest BCUT2D eigenvalue weighted by Gasteiger charge is 2.12. The van der Waals surface area contributed by atoms with Gasteiger partial charge in [0.15, 0.2) is 5.13 Å². The van der Waals surface area contributed by atoms with Crippen molar-refractivity contribution in [3.8, 4) is 5.75 Å². The number of anilines is 1. The number of thiazole rings is 1. The van der Waals surface area contributed by atoms with E-state index in [4.69, 9.17) is 16.3 Å². The molecule has 0 fully saturated rings.